The lowest BCUT2D eigenvalue weighted by molar-refractivity contribution is -0.146. The van der Waals surface area contributed by atoms with Crippen LogP contribution in [0.25, 0.3) is 0 Å². The van der Waals surface area contributed by atoms with Crippen LogP contribution in [0, 0.1) is 0 Å². The highest BCUT2D eigenvalue weighted by Gasteiger charge is 2.33. The van der Waals surface area contributed by atoms with Gasteiger partial charge in [-0.1, -0.05) is 0 Å². The number of thioether (sulfide) groups is 1. The summed E-state index contributed by atoms with van der Waals surface area (Å²) in [5.74, 6) is -3.23. The van der Waals surface area contributed by atoms with Gasteiger partial charge in [0.25, 0.3) is 0 Å². The average Bonchev–Trinajstić information content (AvgIpc) is 2.65. The number of aliphatic carboxylic acids is 1. The second-order valence-corrected chi connectivity index (χ2v) is 7.77. The highest BCUT2D eigenvalue weighted by Crippen LogP contribution is 2.04. The summed E-state index contributed by atoms with van der Waals surface area (Å²) in [5.41, 5.74) is 5.59. The van der Waals surface area contributed by atoms with Crippen molar-refractivity contribution in [2.45, 2.75) is 56.6 Å². The number of carbonyl (C=O) groups is 4. The lowest BCUT2D eigenvalue weighted by Crippen LogP contribution is -2.61. The number of carbonyl (C=O) groups excluding carboxylic acids is 3. The van der Waals surface area contributed by atoms with E-state index in [9.17, 15) is 29.4 Å². The van der Waals surface area contributed by atoms with Crippen LogP contribution < -0.4 is 21.7 Å². The van der Waals surface area contributed by atoms with Gasteiger partial charge in [-0.05, 0) is 32.3 Å². The second kappa shape index (κ2) is 13.6. The zero-order valence-corrected chi connectivity index (χ0v) is 18.2. The first kappa shape index (κ1) is 27.5. The Morgan fingerprint density at radius 1 is 0.966 bits per heavy atom. The summed E-state index contributed by atoms with van der Waals surface area (Å²) in [6.07, 6.45) is -0.737. The fraction of sp³-hybridized carbons (Fsp3) is 0.750. The number of carboxylic acid groups (broad SMARTS) is 1. The molecule has 13 heteroatoms. The fourth-order valence-corrected chi connectivity index (χ4v) is 2.79. The molecule has 0 aliphatic rings. The van der Waals surface area contributed by atoms with E-state index in [4.69, 9.17) is 10.8 Å². The number of nitrogens with two attached hydrogens (primary N) is 1. The number of rotatable bonds is 13. The first-order valence-electron chi connectivity index (χ1n) is 8.81. The molecule has 0 spiro atoms. The molecule has 0 saturated carbocycles. The maximum absolute atomic E-state index is 12.6. The number of hydrogen-bond acceptors (Lipinski definition) is 9. The minimum absolute atomic E-state index is 0.0668. The van der Waals surface area contributed by atoms with Crippen molar-refractivity contribution in [3.8, 4) is 0 Å². The van der Waals surface area contributed by atoms with Gasteiger partial charge in [0.15, 0.2) is 6.04 Å². The molecular weight excluding hydrogens is 424 g/mol. The van der Waals surface area contributed by atoms with Crippen molar-refractivity contribution in [1.82, 2.24) is 16.0 Å². The topological polar surface area (TPSA) is 191 Å². The molecule has 0 bridgehead atoms. The van der Waals surface area contributed by atoms with Crippen molar-refractivity contribution in [3.63, 3.8) is 0 Å². The minimum atomic E-state index is -1.62. The second-order valence-electron chi connectivity index (χ2n) is 6.42. The summed E-state index contributed by atoms with van der Waals surface area (Å²) < 4.78 is 0. The Hall–Kier alpha value is -1.54. The molecule has 0 aliphatic carbocycles. The number of nitrogens with one attached hydrogen (secondary N) is 3. The van der Waals surface area contributed by atoms with E-state index >= 15 is 0 Å². The Labute approximate surface area is 179 Å². The smallest absolute Gasteiger partial charge is 0.328 e. The average molecular weight is 455 g/mol. The van der Waals surface area contributed by atoms with Crippen LogP contribution in [0.1, 0.15) is 20.3 Å². The summed E-state index contributed by atoms with van der Waals surface area (Å²) in [5, 5.41) is 35.3. The van der Waals surface area contributed by atoms with Crippen LogP contribution in [0.2, 0.25) is 0 Å². The van der Waals surface area contributed by atoms with Gasteiger partial charge in [-0.2, -0.15) is 24.4 Å². The largest absolute Gasteiger partial charge is 0.480 e. The third-order valence-electron chi connectivity index (χ3n) is 3.89. The van der Waals surface area contributed by atoms with Gasteiger partial charge in [-0.25, -0.2) is 4.79 Å². The molecule has 0 aromatic rings. The van der Waals surface area contributed by atoms with Gasteiger partial charge in [0.1, 0.15) is 12.1 Å². The van der Waals surface area contributed by atoms with Crippen LogP contribution in [-0.4, -0.2) is 93.1 Å². The Morgan fingerprint density at radius 2 is 1.48 bits per heavy atom. The monoisotopic (exact) mass is 454 g/mol. The lowest BCUT2D eigenvalue weighted by atomic mass is 10.1. The SMILES string of the molecule is CSCCC(NC(=O)C(N)CS)C(=O)NC(C(=O)NC(C(=O)O)C(C)O)C(C)O. The lowest BCUT2D eigenvalue weighted by Gasteiger charge is -2.27. The van der Waals surface area contributed by atoms with Crippen molar-refractivity contribution >= 4 is 48.1 Å². The van der Waals surface area contributed by atoms with Gasteiger partial charge in [0, 0.05) is 5.75 Å². The molecule has 29 heavy (non-hydrogen) atoms. The predicted molar refractivity (Wildman–Crippen MR) is 112 cm³/mol. The molecule has 6 atom stereocenters. The van der Waals surface area contributed by atoms with Gasteiger partial charge < -0.3 is 37.0 Å². The molecular formula is C16H30N4O7S2. The molecule has 11 nitrogen and oxygen atoms in total. The predicted octanol–water partition coefficient (Wildman–Crippen LogP) is -2.70. The first-order valence-corrected chi connectivity index (χ1v) is 10.8. The van der Waals surface area contributed by atoms with Crippen LogP contribution in [0.15, 0.2) is 0 Å². The summed E-state index contributed by atoms with van der Waals surface area (Å²) in [4.78, 5) is 48.1. The Bertz CT molecular complexity index is 577. The van der Waals surface area contributed by atoms with Crippen molar-refractivity contribution in [1.29, 1.82) is 0 Å². The summed E-state index contributed by atoms with van der Waals surface area (Å²) >= 11 is 5.36. The fourth-order valence-electron chi connectivity index (χ4n) is 2.16. The molecule has 0 aromatic heterocycles. The highest BCUT2D eigenvalue weighted by molar-refractivity contribution is 7.98. The molecule has 0 radical (unpaired) electrons. The number of carboxylic acids is 1. The number of thiol groups is 1. The molecule has 0 saturated heterocycles. The Kier molecular flexibility index (Phi) is 12.9. The van der Waals surface area contributed by atoms with Crippen molar-refractivity contribution in [2.75, 3.05) is 17.8 Å². The van der Waals surface area contributed by atoms with E-state index in [0.717, 1.165) is 0 Å². The van der Waals surface area contributed by atoms with E-state index < -0.39 is 60.1 Å². The van der Waals surface area contributed by atoms with Crippen molar-refractivity contribution in [2.24, 2.45) is 5.73 Å². The van der Waals surface area contributed by atoms with E-state index in [0.29, 0.717) is 5.75 Å². The van der Waals surface area contributed by atoms with E-state index in [1.165, 1.54) is 25.6 Å². The van der Waals surface area contributed by atoms with Gasteiger partial charge >= 0.3 is 5.97 Å². The van der Waals surface area contributed by atoms with Crippen LogP contribution in [-0.2, 0) is 19.2 Å². The molecule has 168 valence electrons. The van der Waals surface area contributed by atoms with Gasteiger partial charge in [-0.15, -0.1) is 0 Å². The minimum Gasteiger partial charge on any atom is -0.480 e. The number of hydrogen-bond donors (Lipinski definition) is 8. The van der Waals surface area contributed by atoms with E-state index in [1.807, 2.05) is 6.26 Å². The molecule has 0 aromatic carbocycles. The normalized spacial score (nSPS) is 17.2. The van der Waals surface area contributed by atoms with Crippen molar-refractivity contribution < 1.29 is 34.5 Å². The number of aliphatic hydroxyl groups is 2. The summed E-state index contributed by atoms with van der Waals surface area (Å²) in [7, 11) is 0. The van der Waals surface area contributed by atoms with Gasteiger partial charge in [-0.3, -0.25) is 14.4 Å². The van der Waals surface area contributed by atoms with Crippen LogP contribution in [0.5, 0.6) is 0 Å². The maximum atomic E-state index is 12.6. The third kappa shape index (κ3) is 9.67. The van der Waals surface area contributed by atoms with E-state index in [2.05, 4.69) is 28.6 Å². The molecule has 8 N–H and O–H groups in total. The third-order valence-corrected chi connectivity index (χ3v) is 4.92. The standard InChI is InChI=1S/C16H30N4O7S2/c1-7(21)11(15(25)20-12(8(2)22)16(26)27)19-14(24)10(4-5-29-3)18-13(23)9(17)6-28/h7-12,21-22,28H,4-6,17H2,1-3H3,(H,18,23)(H,19,24)(H,20,25)(H,26,27). The van der Waals surface area contributed by atoms with Gasteiger partial charge in [0.05, 0.1) is 18.2 Å². The zero-order chi connectivity index (χ0) is 22.7. The molecule has 6 unspecified atom stereocenters. The van der Waals surface area contributed by atoms with Gasteiger partial charge in [0.2, 0.25) is 17.7 Å². The molecule has 3 amide bonds. The molecule has 0 heterocycles. The quantitative estimate of drug-likeness (QED) is 0.137. The summed E-state index contributed by atoms with van der Waals surface area (Å²) in [6.45, 7) is 2.41. The Morgan fingerprint density at radius 3 is 1.90 bits per heavy atom. The highest BCUT2D eigenvalue weighted by atomic mass is 32.2. The molecule has 0 fully saturated rings. The first-order chi connectivity index (χ1) is 13.5. The maximum Gasteiger partial charge on any atom is 0.328 e. The zero-order valence-electron chi connectivity index (χ0n) is 16.5. The number of aliphatic hydroxyl groups excluding tert-OH is 2. The molecule has 0 rings (SSSR count). The summed E-state index contributed by atoms with van der Waals surface area (Å²) in [6, 6.07) is -5.08. The number of amides is 3. The molecule has 0 aliphatic heterocycles. The van der Waals surface area contributed by atoms with Crippen LogP contribution in [0.4, 0.5) is 0 Å². The van der Waals surface area contributed by atoms with Crippen LogP contribution in [0.3, 0.4) is 0 Å². The Balaban J connectivity index is 5.32. The van der Waals surface area contributed by atoms with Crippen molar-refractivity contribution in [3.05, 3.63) is 0 Å². The van der Waals surface area contributed by atoms with E-state index in [-0.39, 0.29) is 12.2 Å². The van der Waals surface area contributed by atoms with E-state index in [1.54, 1.807) is 0 Å². The van der Waals surface area contributed by atoms with Crippen LogP contribution >= 0.6 is 24.4 Å².